The molecule has 5 nitrogen and oxygen atoms in total. The average molecular weight is 420 g/mol. The van der Waals surface area contributed by atoms with Crippen LogP contribution in [0, 0.1) is 12.7 Å². The van der Waals surface area contributed by atoms with Gasteiger partial charge in [0.1, 0.15) is 0 Å². The largest absolute Gasteiger partial charge is 0.494 e. The van der Waals surface area contributed by atoms with Crippen molar-refractivity contribution >= 4 is 38.7 Å². The normalized spacial score (nSPS) is 10.9. The molecule has 0 aliphatic rings. The number of carboxylic acid groups (broad SMARTS) is 1. The first-order valence-corrected chi connectivity index (χ1v) is 8.52. The molecule has 3 rings (SSSR count). The van der Waals surface area contributed by atoms with Crippen LogP contribution in [0.3, 0.4) is 0 Å². The predicted octanol–water partition coefficient (Wildman–Crippen LogP) is 4.18. The number of carbonyl (C=O) groups is 2. The Morgan fingerprint density at radius 2 is 1.88 bits per heavy atom. The van der Waals surface area contributed by atoms with Crippen molar-refractivity contribution in [2.24, 2.45) is 0 Å². The first-order valence-electron chi connectivity index (χ1n) is 7.73. The van der Waals surface area contributed by atoms with Gasteiger partial charge in [-0.25, -0.2) is 4.39 Å². The molecule has 0 fully saturated rings. The van der Waals surface area contributed by atoms with Gasteiger partial charge in [0.2, 0.25) is 0 Å². The van der Waals surface area contributed by atoms with Crippen molar-refractivity contribution in [1.82, 2.24) is 4.57 Å². The summed E-state index contributed by atoms with van der Waals surface area (Å²) in [6.07, 6.45) is -0.280. The molecule has 134 valence electrons. The molecule has 1 heterocycles. The van der Waals surface area contributed by atoms with Gasteiger partial charge in [0, 0.05) is 27.2 Å². The summed E-state index contributed by atoms with van der Waals surface area (Å²) >= 11 is 3.31. The fourth-order valence-electron chi connectivity index (χ4n) is 2.99. The molecule has 0 bridgehead atoms. The third-order valence-corrected chi connectivity index (χ3v) is 4.76. The maximum absolute atomic E-state index is 14.3. The number of carboxylic acids is 1. The van der Waals surface area contributed by atoms with Crippen molar-refractivity contribution in [1.29, 1.82) is 0 Å². The van der Waals surface area contributed by atoms with Crippen LogP contribution >= 0.6 is 15.9 Å². The molecular formula is C19H15BrFNO4. The fourth-order valence-corrected chi connectivity index (χ4v) is 3.26. The molecule has 26 heavy (non-hydrogen) atoms. The summed E-state index contributed by atoms with van der Waals surface area (Å²) in [5.74, 6) is -2.02. The zero-order chi connectivity index (χ0) is 19.0. The highest BCUT2D eigenvalue weighted by atomic mass is 79.9. The molecule has 0 saturated heterocycles. The van der Waals surface area contributed by atoms with Crippen LogP contribution in [0.25, 0.3) is 10.9 Å². The fraction of sp³-hybridized carbons (Fsp3) is 0.158. The van der Waals surface area contributed by atoms with Gasteiger partial charge >= 0.3 is 5.97 Å². The second-order valence-electron chi connectivity index (χ2n) is 5.79. The lowest BCUT2D eigenvalue weighted by molar-refractivity contribution is -0.136. The van der Waals surface area contributed by atoms with Gasteiger partial charge in [-0.2, -0.15) is 0 Å². The van der Waals surface area contributed by atoms with Crippen LogP contribution in [0.4, 0.5) is 4.39 Å². The zero-order valence-corrected chi connectivity index (χ0v) is 15.6. The summed E-state index contributed by atoms with van der Waals surface area (Å²) < 4.78 is 21.4. The number of rotatable bonds is 4. The second-order valence-corrected chi connectivity index (χ2v) is 6.70. The molecule has 7 heteroatoms. The number of benzene rings is 2. The highest BCUT2D eigenvalue weighted by molar-refractivity contribution is 9.10. The van der Waals surface area contributed by atoms with Gasteiger partial charge in [-0.15, -0.1) is 0 Å². The van der Waals surface area contributed by atoms with Crippen molar-refractivity contribution in [3.8, 4) is 5.75 Å². The van der Waals surface area contributed by atoms with E-state index in [1.165, 1.54) is 23.8 Å². The van der Waals surface area contributed by atoms with E-state index in [0.29, 0.717) is 27.7 Å². The summed E-state index contributed by atoms with van der Waals surface area (Å²) in [7, 11) is 1.33. The second kappa shape index (κ2) is 6.92. The number of halogens is 2. The van der Waals surface area contributed by atoms with E-state index in [2.05, 4.69) is 15.9 Å². The topological polar surface area (TPSA) is 68.5 Å². The highest BCUT2D eigenvalue weighted by Crippen LogP contribution is 2.32. The van der Waals surface area contributed by atoms with Crippen LogP contribution in [0.15, 0.2) is 40.9 Å². The molecule has 1 aromatic heterocycles. The number of aliphatic carboxylic acids is 1. The van der Waals surface area contributed by atoms with Gasteiger partial charge < -0.3 is 9.84 Å². The minimum atomic E-state index is -1.04. The van der Waals surface area contributed by atoms with Crippen molar-refractivity contribution < 1.29 is 23.8 Å². The van der Waals surface area contributed by atoms with Crippen LogP contribution in [0.2, 0.25) is 0 Å². The van der Waals surface area contributed by atoms with Crippen LogP contribution in [0.1, 0.15) is 21.6 Å². The smallest absolute Gasteiger partial charge is 0.307 e. The van der Waals surface area contributed by atoms with Crippen LogP contribution in [0.5, 0.6) is 5.75 Å². The van der Waals surface area contributed by atoms with Gasteiger partial charge in [-0.05, 0) is 42.8 Å². The lowest BCUT2D eigenvalue weighted by Gasteiger charge is -2.08. The molecule has 0 amide bonds. The first-order chi connectivity index (χ1) is 12.3. The van der Waals surface area contributed by atoms with Gasteiger partial charge in [0.25, 0.3) is 5.91 Å². The van der Waals surface area contributed by atoms with Crippen molar-refractivity contribution in [3.63, 3.8) is 0 Å². The Bertz CT molecular complexity index is 1020. The van der Waals surface area contributed by atoms with Gasteiger partial charge in [0.05, 0.1) is 19.0 Å². The number of nitrogens with zero attached hydrogens (tertiary/aromatic N) is 1. The van der Waals surface area contributed by atoms with Gasteiger partial charge in [0.15, 0.2) is 11.6 Å². The molecule has 0 saturated carbocycles. The van der Waals surface area contributed by atoms with Crippen LogP contribution < -0.4 is 4.74 Å². The van der Waals surface area contributed by atoms with Crippen molar-refractivity contribution in [2.45, 2.75) is 13.3 Å². The van der Waals surface area contributed by atoms with E-state index in [0.717, 1.165) is 4.47 Å². The Hall–Kier alpha value is -2.67. The quantitative estimate of drug-likeness (QED) is 0.688. The third kappa shape index (κ3) is 3.10. The summed E-state index contributed by atoms with van der Waals surface area (Å²) in [6.45, 7) is 1.65. The lowest BCUT2D eigenvalue weighted by Crippen LogP contribution is -2.14. The summed E-state index contributed by atoms with van der Waals surface area (Å²) in [5, 5.41) is 9.70. The molecule has 1 N–H and O–H groups in total. The Labute approximate surface area is 157 Å². The van der Waals surface area contributed by atoms with E-state index in [1.54, 1.807) is 31.2 Å². The summed E-state index contributed by atoms with van der Waals surface area (Å²) in [5.41, 5.74) is 1.63. The minimum Gasteiger partial charge on any atom is -0.494 e. The zero-order valence-electron chi connectivity index (χ0n) is 14.0. The molecule has 0 spiro atoms. The van der Waals surface area contributed by atoms with E-state index in [1.807, 2.05) is 0 Å². The number of hydrogen-bond acceptors (Lipinski definition) is 3. The average Bonchev–Trinajstić information content (AvgIpc) is 2.85. The number of fused-ring (bicyclic) bond motifs is 1. The molecule has 0 atom stereocenters. The molecule has 2 aromatic carbocycles. The van der Waals surface area contributed by atoms with E-state index in [-0.39, 0.29) is 18.1 Å². The number of methoxy groups -OCH3 is 1. The van der Waals surface area contributed by atoms with Crippen molar-refractivity contribution in [3.05, 3.63) is 63.5 Å². The Morgan fingerprint density at radius 3 is 2.46 bits per heavy atom. The maximum Gasteiger partial charge on any atom is 0.307 e. The monoisotopic (exact) mass is 419 g/mol. The van der Waals surface area contributed by atoms with E-state index in [9.17, 15) is 19.1 Å². The van der Waals surface area contributed by atoms with Gasteiger partial charge in [-0.1, -0.05) is 15.9 Å². The molecule has 3 aromatic rings. The summed E-state index contributed by atoms with van der Waals surface area (Å²) in [6, 6.07) is 9.39. The minimum absolute atomic E-state index is 0.00243. The Morgan fingerprint density at radius 1 is 1.23 bits per heavy atom. The maximum atomic E-state index is 14.3. The Kier molecular flexibility index (Phi) is 4.82. The van der Waals surface area contributed by atoms with E-state index in [4.69, 9.17) is 4.74 Å². The number of ether oxygens (including phenoxy) is 1. The third-order valence-electron chi connectivity index (χ3n) is 4.23. The molecule has 0 aliphatic heterocycles. The molecular weight excluding hydrogens is 405 g/mol. The van der Waals surface area contributed by atoms with E-state index < -0.39 is 11.8 Å². The van der Waals surface area contributed by atoms with Crippen molar-refractivity contribution in [2.75, 3.05) is 7.11 Å². The lowest BCUT2D eigenvalue weighted by atomic mass is 10.1. The number of carbonyl (C=O) groups excluding carboxylic acids is 1. The predicted molar refractivity (Wildman–Crippen MR) is 98.4 cm³/mol. The number of aromatic nitrogens is 1. The Balaban J connectivity index is 2.28. The molecule has 0 aliphatic carbocycles. The highest BCUT2D eigenvalue weighted by Gasteiger charge is 2.23. The summed E-state index contributed by atoms with van der Waals surface area (Å²) in [4.78, 5) is 24.3. The van der Waals surface area contributed by atoms with Gasteiger partial charge in [-0.3, -0.25) is 14.2 Å². The number of hydrogen-bond donors (Lipinski definition) is 1. The first kappa shape index (κ1) is 18.1. The molecule has 0 radical (unpaired) electrons. The standard InChI is InChI=1S/C19H15BrFNO4/c1-10-13(8-18(23)24)14-7-17(26-2)15(21)9-16(14)22(10)19(25)11-3-5-12(20)6-4-11/h3-7,9H,8H2,1-2H3,(H,23,24). The SMILES string of the molecule is COc1cc2c(CC(=O)O)c(C)n(C(=O)c3ccc(Br)cc3)c2cc1F. The molecule has 0 unspecified atom stereocenters. The van der Waals surface area contributed by atoms with E-state index >= 15 is 0 Å². The van der Waals surface area contributed by atoms with Crippen LogP contribution in [-0.2, 0) is 11.2 Å². The van der Waals surface area contributed by atoms with Crippen LogP contribution in [-0.4, -0.2) is 28.7 Å².